The molecule has 0 fully saturated rings. The van der Waals surface area contributed by atoms with Gasteiger partial charge >= 0.3 is 0 Å². The second-order valence-corrected chi connectivity index (χ2v) is 4.34. The first-order valence-electron chi connectivity index (χ1n) is 6.18. The van der Waals surface area contributed by atoms with Crippen molar-refractivity contribution in [3.8, 4) is 0 Å². The third-order valence-electron chi connectivity index (χ3n) is 2.85. The minimum atomic E-state index is 0.0454. The number of nitrogens with two attached hydrogens (primary N) is 1. The summed E-state index contributed by atoms with van der Waals surface area (Å²) in [6.07, 6.45) is 5.40. The monoisotopic (exact) mass is 238 g/mol. The van der Waals surface area contributed by atoms with Gasteiger partial charge in [0.1, 0.15) is 0 Å². The van der Waals surface area contributed by atoms with Gasteiger partial charge < -0.3 is 11.1 Å². The van der Waals surface area contributed by atoms with Gasteiger partial charge in [0.25, 0.3) is 0 Å². The number of aromatic nitrogens is 2. The third kappa shape index (κ3) is 3.47. The Morgan fingerprint density at radius 2 is 2.06 bits per heavy atom. The van der Waals surface area contributed by atoms with Crippen molar-refractivity contribution >= 4 is 17.4 Å². The van der Waals surface area contributed by atoms with E-state index in [0.717, 1.165) is 25.7 Å². The number of hydrogen-bond donors (Lipinski definition) is 2. The summed E-state index contributed by atoms with van der Waals surface area (Å²) >= 11 is 0. The first-order valence-corrected chi connectivity index (χ1v) is 6.18. The van der Waals surface area contributed by atoms with Crippen LogP contribution in [0, 0.1) is 5.92 Å². The topological polar surface area (TPSA) is 72.9 Å². The lowest BCUT2D eigenvalue weighted by Crippen LogP contribution is -2.24. The third-order valence-corrected chi connectivity index (χ3v) is 2.85. The van der Waals surface area contributed by atoms with Crippen LogP contribution in [0.5, 0.6) is 0 Å². The summed E-state index contributed by atoms with van der Waals surface area (Å²) in [5.74, 6) is 0.704. The van der Waals surface area contributed by atoms with Crippen LogP contribution in [0.3, 0.4) is 0 Å². The molecule has 5 heteroatoms. The maximum Gasteiger partial charge on any atom is 0.228 e. The second kappa shape index (κ2) is 6.27. The molecule has 1 rings (SSSR count). The molecular formula is C12H22N4O. The molecule has 0 unspecified atom stereocenters. The number of carbonyl (C=O) groups excluding carboxylic acids is 1. The highest BCUT2D eigenvalue weighted by atomic mass is 16.2. The van der Waals surface area contributed by atoms with Crippen LogP contribution in [0.15, 0.2) is 6.20 Å². The van der Waals surface area contributed by atoms with Gasteiger partial charge in [-0.3, -0.25) is 9.48 Å². The van der Waals surface area contributed by atoms with E-state index in [9.17, 15) is 4.79 Å². The number of aryl methyl sites for hydroxylation is 1. The molecule has 0 bridgehead atoms. The largest absolute Gasteiger partial charge is 0.394 e. The lowest BCUT2D eigenvalue weighted by atomic mass is 9.97. The molecule has 3 N–H and O–H groups in total. The molecule has 0 aliphatic rings. The number of rotatable bonds is 6. The van der Waals surface area contributed by atoms with Crippen molar-refractivity contribution in [1.82, 2.24) is 9.78 Å². The van der Waals surface area contributed by atoms with Crippen molar-refractivity contribution in [3.05, 3.63) is 6.20 Å². The SMILES string of the molecule is CCCC(CCC)C(=O)Nc1c(N)cnn1C. The van der Waals surface area contributed by atoms with Crippen molar-refractivity contribution in [1.29, 1.82) is 0 Å². The summed E-state index contributed by atoms with van der Waals surface area (Å²) in [5.41, 5.74) is 6.25. The maximum absolute atomic E-state index is 12.1. The first-order chi connectivity index (χ1) is 8.10. The highest BCUT2D eigenvalue weighted by Crippen LogP contribution is 2.20. The van der Waals surface area contributed by atoms with Gasteiger partial charge in [0, 0.05) is 13.0 Å². The summed E-state index contributed by atoms with van der Waals surface area (Å²) in [7, 11) is 1.76. The highest BCUT2D eigenvalue weighted by molar-refractivity contribution is 5.94. The summed E-state index contributed by atoms with van der Waals surface area (Å²) in [6, 6.07) is 0. The molecule has 0 radical (unpaired) electrons. The molecule has 0 saturated carbocycles. The predicted molar refractivity (Wildman–Crippen MR) is 69.6 cm³/mol. The molecule has 1 amide bonds. The minimum Gasteiger partial charge on any atom is -0.394 e. The van der Waals surface area contributed by atoms with E-state index in [-0.39, 0.29) is 11.8 Å². The van der Waals surface area contributed by atoms with E-state index < -0.39 is 0 Å². The zero-order chi connectivity index (χ0) is 12.8. The van der Waals surface area contributed by atoms with Crippen LogP contribution >= 0.6 is 0 Å². The lowest BCUT2D eigenvalue weighted by molar-refractivity contribution is -0.120. The van der Waals surface area contributed by atoms with Crippen molar-refractivity contribution < 1.29 is 4.79 Å². The van der Waals surface area contributed by atoms with Crippen LogP contribution in [-0.2, 0) is 11.8 Å². The van der Waals surface area contributed by atoms with Gasteiger partial charge in [-0.2, -0.15) is 5.10 Å². The number of amides is 1. The standard InChI is InChI=1S/C12H22N4O/c1-4-6-9(7-5-2)12(17)15-11-10(13)8-14-16(11)3/h8-9H,4-7,13H2,1-3H3,(H,15,17). The summed E-state index contributed by atoms with van der Waals surface area (Å²) < 4.78 is 1.59. The second-order valence-electron chi connectivity index (χ2n) is 4.34. The van der Waals surface area contributed by atoms with Gasteiger partial charge in [0.05, 0.1) is 11.9 Å². The van der Waals surface area contributed by atoms with Crippen LogP contribution in [-0.4, -0.2) is 15.7 Å². The van der Waals surface area contributed by atoms with E-state index in [1.165, 1.54) is 0 Å². The average Bonchev–Trinajstić information content (AvgIpc) is 2.60. The zero-order valence-electron chi connectivity index (χ0n) is 10.9. The molecular weight excluding hydrogens is 216 g/mol. The van der Waals surface area contributed by atoms with Crippen LogP contribution < -0.4 is 11.1 Å². The van der Waals surface area contributed by atoms with Crippen molar-refractivity contribution in [2.45, 2.75) is 39.5 Å². The Bertz CT molecular complexity index is 347. The molecule has 1 aromatic heterocycles. The van der Waals surface area contributed by atoms with Gasteiger partial charge in [-0.05, 0) is 12.8 Å². The van der Waals surface area contributed by atoms with Gasteiger partial charge in [0.15, 0.2) is 5.82 Å². The van der Waals surface area contributed by atoms with E-state index in [0.29, 0.717) is 11.5 Å². The Balaban J connectivity index is 2.69. The predicted octanol–water partition coefficient (Wildman–Crippen LogP) is 2.16. The van der Waals surface area contributed by atoms with Crippen molar-refractivity contribution in [2.24, 2.45) is 13.0 Å². The molecule has 0 atom stereocenters. The van der Waals surface area contributed by atoms with Crippen LogP contribution in [0.25, 0.3) is 0 Å². The Labute approximate surface area is 102 Å². The lowest BCUT2D eigenvalue weighted by Gasteiger charge is -2.15. The Morgan fingerprint density at radius 1 is 1.47 bits per heavy atom. The Hall–Kier alpha value is -1.52. The van der Waals surface area contributed by atoms with Crippen molar-refractivity contribution in [3.63, 3.8) is 0 Å². The van der Waals surface area contributed by atoms with Crippen LogP contribution in [0.1, 0.15) is 39.5 Å². The van der Waals surface area contributed by atoms with E-state index in [1.54, 1.807) is 17.9 Å². The van der Waals surface area contributed by atoms with Gasteiger partial charge in [-0.1, -0.05) is 26.7 Å². The fraction of sp³-hybridized carbons (Fsp3) is 0.667. The average molecular weight is 238 g/mol. The van der Waals surface area contributed by atoms with Crippen LogP contribution in [0.2, 0.25) is 0 Å². The maximum atomic E-state index is 12.1. The summed E-state index contributed by atoms with van der Waals surface area (Å²) in [4.78, 5) is 12.1. The van der Waals surface area contributed by atoms with E-state index in [1.807, 2.05) is 0 Å². The smallest absolute Gasteiger partial charge is 0.228 e. The summed E-state index contributed by atoms with van der Waals surface area (Å²) in [5, 5.41) is 6.86. The zero-order valence-corrected chi connectivity index (χ0v) is 10.9. The molecule has 0 aliphatic heterocycles. The molecule has 5 nitrogen and oxygen atoms in total. The minimum absolute atomic E-state index is 0.0454. The van der Waals surface area contributed by atoms with E-state index in [2.05, 4.69) is 24.3 Å². The number of nitrogens with one attached hydrogen (secondary N) is 1. The number of carbonyl (C=O) groups is 1. The fourth-order valence-corrected chi connectivity index (χ4v) is 1.93. The van der Waals surface area contributed by atoms with E-state index in [4.69, 9.17) is 5.73 Å². The summed E-state index contributed by atoms with van der Waals surface area (Å²) in [6.45, 7) is 4.18. The van der Waals surface area contributed by atoms with Crippen LogP contribution in [0.4, 0.5) is 11.5 Å². The molecule has 0 spiro atoms. The highest BCUT2D eigenvalue weighted by Gasteiger charge is 2.18. The Kier molecular flexibility index (Phi) is 5.00. The number of nitrogen functional groups attached to an aromatic ring is 1. The Morgan fingerprint density at radius 3 is 2.47 bits per heavy atom. The molecule has 0 aliphatic carbocycles. The molecule has 1 aromatic rings. The fourth-order valence-electron chi connectivity index (χ4n) is 1.93. The first kappa shape index (κ1) is 13.5. The molecule has 96 valence electrons. The molecule has 0 aromatic carbocycles. The van der Waals surface area contributed by atoms with Gasteiger partial charge in [-0.25, -0.2) is 0 Å². The number of nitrogens with zero attached hydrogens (tertiary/aromatic N) is 2. The van der Waals surface area contributed by atoms with Crippen molar-refractivity contribution in [2.75, 3.05) is 11.1 Å². The number of hydrogen-bond acceptors (Lipinski definition) is 3. The van der Waals surface area contributed by atoms with E-state index >= 15 is 0 Å². The number of anilines is 2. The quantitative estimate of drug-likeness (QED) is 0.797. The molecule has 1 heterocycles. The molecule has 0 saturated heterocycles. The normalized spacial score (nSPS) is 10.8. The van der Waals surface area contributed by atoms with Gasteiger partial charge in [-0.15, -0.1) is 0 Å². The molecule has 17 heavy (non-hydrogen) atoms. The van der Waals surface area contributed by atoms with Gasteiger partial charge in [0.2, 0.25) is 5.91 Å².